The molecule has 0 aliphatic heterocycles. The second-order valence-electron chi connectivity index (χ2n) is 2.61. The zero-order valence-corrected chi connectivity index (χ0v) is 6.59. The topological polar surface area (TPSA) is 28.7 Å². The molecule has 2 aromatic rings. The summed E-state index contributed by atoms with van der Waals surface area (Å²) in [4.78, 5) is 0. The third kappa shape index (κ3) is 1.42. The summed E-state index contributed by atoms with van der Waals surface area (Å²) in [7, 11) is 0. The molecule has 0 bridgehead atoms. The molecule has 0 saturated heterocycles. The molecule has 1 aromatic carbocycles. The van der Waals surface area contributed by atoms with Crippen molar-refractivity contribution in [3.05, 3.63) is 42.2 Å². The smallest absolute Gasteiger partial charge is 0.134 e. The van der Waals surface area contributed by atoms with Crippen LogP contribution in [0.25, 0.3) is 11.1 Å². The zero-order valence-electron chi connectivity index (χ0n) is 6.59. The number of hydrogen-bond donors (Lipinski definition) is 1. The van der Waals surface area contributed by atoms with Crippen molar-refractivity contribution >= 4 is 0 Å². The lowest BCUT2D eigenvalue weighted by molar-refractivity contribution is 0.585. The number of H-pyrrole nitrogens is 1. The van der Waals surface area contributed by atoms with Crippen LogP contribution in [-0.4, -0.2) is 10.2 Å². The van der Waals surface area contributed by atoms with Gasteiger partial charge in [0, 0.05) is 23.4 Å². The summed E-state index contributed by atoms with van der Waals surface area (Å²) in [5.41, 5.74) is 0.952. The van der Waals surface area contributed by atoms with E-state index >= 15 is 0 Å². The van der Waals surface area contributed by atoms with Crippen LogP contribution in [-0.2, 0) is 0 Å². The number of aromatic amines is 1. The highest BCUT2D eigenvalue weighted by Gasteiger charge is 2.06. The van der Waals surface area contributed by atoms with E-state index in [0.29, 0.717) is 11.1 Å². The maximum atomic E-state index is 13.1. The van der Waals surface area contributed by atoms with Gasteiger partial charge in [0.2, 0.25) is 0 Å². The van der Waals surface area contributed by atoms with E-state index in [-0.39, 0.29) is 0 Å². The molecule has 1 aromatic heterocycles. The zero-order chi connectivity index (χ0) is 9.26. The maximum Gasteiger partial charge on any atom is 0.134 e. The second kappa shape index (κ2) is 2.97. The molecule has 0 spiro atoms. The molecular weight excluding hydrogens is 174 g/mol. The Morgan fingerprint density at radius 2 is 2.08 bits per heavy atom. The molecule has 0 saturated carbocycles. The summed E-state index contributed by atoms with van der Waals surface area (Å²) in [6.07, 6.45) is 3.03. The highest BCUT2D eigenvalue weighted by Crippen LogP contribution is 2.21. The molecule has 1 heterocycles. The first-order chi connectivity index (χ1) is 6.27. The van der Waals surface area contributed by atoms with Crippen LogP contribution in [0.3, 0.4) is 0 Å². The quantitative estimate of drug-likeness (QED) is 0.716. The molecule has 0 amide bonds. The van der Waals surface area contributed by atoms with Crippen molar-refractivity contribution in [2.24, 2.45) is 0 Å². The molecule has 1 N–H and O–H groups in total. The Labute approximate surface area is 73.2 Å². The molecule has 0 radical (unpaired) electrons. The van der Waals surface area contributed by atoms with Gasteiger partial charge in [-0.25, -0.2) is 8.78 Å². The van der Waals surface area contributed by atoms with E-state index in [0.717, 1.165) is 6.07 Å². The van der Waals surface area contributed by atoms with Crippen molar-refractivity contribution in [2.75, 3.05) is 0 Å². The molecule has 0 atom stereocenters. The van der Waals surface area contributed by atoms with Crippen LogP contribution in [0, 0.1) is 11.6 Å². The highest BCUT2D eigenvalue weighted by molar-refractivity contribution is 5.62. The van der Waals surface area contributed by atoms with Gasteiger partial charge in [-0.2, -0.15) is 5.10 Å². The van der Waals surface area contributed by atoms with Crippen LogP contribution in [0.5, 0.6) is 0 Å². The predicted molar refractivity (Wildman–Crippen MR) is 43.9 cm³/mol. The van der Waals surface area contributed by atoms with Crippen LogP contribution in [0.15, 0.2) is 30.6 Å². The molecule has 4 heteroatoms. The van der Waals surface area contributed by atoms with Crippen molar-refractivity contribution in [2.45, 2.75) is 0 Å². The van der Waals surface area contributed by atoms with Crippen molar-refractivity contribution < 1.29 is 8.78 Å². The molecule has 66 valence electrons. The molecule has 0 aliphatic carbocycles. The van der Waals surface area contributed by atoms with Crippen LogP contribution in [0.1, 0.15) is 0 Å². The van der Waals surface area contributed by atoms with Gasteiger partial charge in [-0.05, 0) is 12.1 Å². The van der Waals surface area contributed by atoms with Gasteiger partial charge in [0.1, 0.15) is 11.6 Å². The average Bonchev–Trinajstić information content (AvgIpc) is 2.56. The van der Waals surface area contributed by atoms with Gasteiger partial charge < -0.3 is 0 Å². The van der Waals surface area contributed by atoms with E-state index in [1.165, 1.54) is 18.3 Å². The fraction of sp³-hybridized carbons (Fsp3) is 0. The van der Waals surface area contributed by atoms with Crippen LogP contribution in [0.4, 0.5) is 8.78 Å². The Bertz CT molecular complexity index is 410. The monoisotopic (exact) mass is 180 g/mol. The van der Waals surface area contributed by atoms with Crippen molar-refractivity contribution in [3.8, 4) is 11.1 Å². The lowest BCUT2D eigenvalue weighted by atomic mass is 10.1. The van der Waals surface area contributed by atoms with Crippen molar-refractivity contribution in [3.63, 3.8) is 0 Å². The van der Waals surface area contributed by atoms with E-state index in [1.807, 2.05) is 0 Å². The second-order valence-corrected chi connectivity index (χ2v) is 2.61. The standard InChI is InChI=1S/C9H6F2N2/c10-7-1-2-8(9(11)3-7)6-4-12-13-5-6/h1-5H,(H,12,13). The molecule has 0 fully saturated rings. The van der Waals surface area contributed by atoms with E-state index in [2.05, 4.69) is 10.2 Å². The first-order valence-corrected chi connectivity index (χ1v) is 3.71. The van der Waals surface area contributed by atoms with Gasteiger partial charge in [-0.3, -0.25) is 5.10 Å². The van der Waals surface area contributed by atoms with Crippen molar-refractivity contribution in [1.29, 1.82) is 0 Å². The summed E-state index contributed by atoms with van der Waals surface area (Å²) in [6, 6.07) is 3.45. The van der Waals surface area contributed by atoms with E-state index in [4.69, 9.17) is 0 Å². The normalized spacial score (nSPS) is 10.3. The van der Waals surface area contributed by atoms with Crippen LogP contribution < -0.4 is 0 Å². The van der Waals surface area contributed by atoms with Gasteiger partial charge in [-0.1, -0.05) is 0 Å². The molecular formula is C9H6F2N2. The Morgan fingerprint density at radius 3 is 2.69 bits per heavy atom. The Hall–Kier alpha value is -1.71. The predicted octanol–water partition coefficient (Wildman–Crippen LogP) is 2.35. The molecule has 2 rings (SSSR count). The SMILES string of the molecule is Fc1ccc(-c2cn[nH]c2)c(F)c1. The van der Waals surface area contributed by atoms with Gasteiger partial charge in [0.25, 0.3) is 0 Å². The number of aromatic nitrogens is 2. The number of benzene rings is 1. The molecule has 13 heavy (non-hydrogen) atoms. The minimum absolute atomic E-state index is 0.343. The van der Waals surface area contributed by atoms with Crippen LogP contribution >= 0.6 is 0 Å². The fourth-order valence-electron chi connectivity index (χ4n) is 1.12. The minimum atomic E-state index is -0.582. The molecule has 0 unspecified atom stereocenters. The van der Waals surface area contributed by atoms with E-state index in [1.54, 1.807) is 6.20 Å². The Balaban J connectivity index is 2.53. The summed E-state index contributed by atoms with van der Waals surface area (Å²) in [5.74, 6) is -1.16. The lowest BCUT2D eigenvalue weighted by Gasteiger charge is -1.98. The van der Waals surface area contributed by atoms with Gasteiger partial charge in [-0.15, -0.1) is 0 Å². The number of nitrogens with zero attached hydrogens (tertiary/aromatic N) is 1. The van der Waals surface area contributed by atoms with Gasteiger partial charge in [0.15, 0.2) is 0 Å². The summed E-state index contributed by atoms with van der Waals surface area (Å²) in [5, 5.41) is 6.24. The average molecular weight is 180 g/mol. The Kier molecular flexibility index (Phi) is 1.81. The van der Waals surface area contributed by atoms with Crippen LogP contribution in [0.2, 0.25) is 0 Å². The first-order valence-electron chi connectivity index (χ1n) is 3.71. The van der Waals surface area contributed by atoms with E-state index < -0.39 is 11.6 Å². The summed E-state index contributed by atoms with van der Waals surface area (Å²) in [6.45, 7) is 0. The molecule has 2 nitrogen and oxygen atoms in total. The third-order valence-electron chi connectivity index (χ3n) is 1.74. The largest absolute Gasteiger partial charge is 0.285 e. The van der Waals surface area contributed by atoms with Gasteiger partial charge in [0.05, 0.1) is 6.20 Å². The number of nitrogens with one attached hydrogen (secondary N) is 1. The lowest BCUT2D eigenvalue weighted by Crippen LogP contribution is -1.83. The third-order valence-corrected chi connectivity index (χ3v) is 1.74. The first kappa shape index (κ1) is 7.91. The van der Waals surface area contributed by atoms with Gasteiger partial charge >= 0.3 is 0 Å². The number of halogens is 2. The summed E-state index contributed by atoms with van der Waals surface area (Å²) >= 11 is 0. The number of hydrogen-bond acceptors (Lipinski definition) is 1. The fourth-order valence-corrected chi connectivity index (χ4v) is 1.12. The summed E-state index contributed by atoms with van der Waals surface area (Å²) < 4.78 is 25.7. The molecule has 0 aliphatic rings. The minimum Gasteiger partial charge on any atom is -0.285 e. The van der Waals surface area contributed by atoms with Crippen molar-refractivity contribution in [1.82, 2.24) is 10.2 Å². The number of rotatable bonds is 1. The van der Waals surface area contributed by atoms with E-state index in [9.17, 15) is 8.78 Å². The Morgan fingerprint density at radius 1 is 1.23 bits per heavy atom. The highest BCUT2D eigenvalue weighted by atomic mass is 19.1. The maximum absolute atomic E-state index is 13.1.